The number of nitrogens with zero attached hydrogens (tertiary/aromatic N) is 2. The van der Waals surface area contributed by atoms with Crippen LogP contribution in [0.5, 0.6) is 5.75 Å². The smallest absolute Gasteiger partial charge is 0.387 e. The molecule has 29 heavy (non-hydrogen) atoms. The van der Waals surface area contributed by atoms with E-state index < -0.39 is 18.5 Å². The van der Waals surface area contributed by atoms with Crippen molar-refractivity contribution in [1.29, 1.82) is 0 Å². The maximum absolute atomic E-state index is 13.2. The minimum Gasteiger partial charge on any atom is -0.462 e. The van der Waals surface area contributed by atoms with E-state index in [9.17, 15) is 18.4 Å². The molecule has 0 aliphatic heterocycles. The van der Waals surface area contributed by atoms with Gasteiger partial charge in [0, 0.05) is 6.54 Å². The van der Waals surface area contributed by atoms with Crippen LogP contribution < -0.4 is 9.64 Å². The van der Waals surface area contributed by atoms with Crippen LogP contribution in [0.1, 0.15) is 58.8 Å². The van der Waals surface area contributed by atoms with Crippen LogP contribution in [0, 0.1) is 6.92 Å². The van der Waals surface area contributed by atoms with Gasteiger partial charge in [-0.1, -0.05) is 43.2 Å². The fourth-order valence-electron chi connectivity index (χ4n) is 2.68. The summed E-state index contributed by atoms with van der Waals surface area (Å²) >= 11 is 1.05. The van der Waals surface area contributed by atoms with Crippen molar-refractivity contribution < 1.29 is 27.8 Å². The van der Waals surface area contributed by atoms with E-state index in [2.05, 4.69) is 9.72 Å². The Balaban J connectivity index is 2.40. The first-order valence-corrected chi connectivity index (χ1v) is 10.2. The number of carbonyl (C=O) groups excluding carboxylic acids is 2. The van der Waals surface area contributed by atoms with Crippen LogP contribution in [0.4, 0.5) is 13.9 Å². The van der Waals surface area contributed by atoms with Crippen LogP contribution >= 0.6 is 11.3 Å². The number of thiazole rings is 1. The number of carbonyl (C=O) groups is 2. The molecule has 0 unspecified atom stereocenters. The molecule has 158 valence electrons. The van der Waals surface area contributed by atoms with E-state index in [-0.39, 0.29) is 17.9 Å². The summed E-state index contributed by atoms with van der Waals surface area (Å²) in [5.41, 5.74) is 0.462. The molecule has 0 radical (unpaired) electrons. The van der Waals surface area contributed by atoms with Crippen LogP contribution in [-0.4, -0.2) is 36.6 Å². The molecule has 2 aromatic rings. The summed E-state index contributed by atoms with van der Waals surface area (Å²) in [6.07, 6.45) is 2.53. The zero-order chi connectivity index (χ0) is 21.4. The lowest BCUT2D eigenvalue weighted by molar-refractivity contribution is -0.0501. The van der Waals surface area contributed by atoms with Crippen molar-refractivity contribution in [2.75, 3.05) is 18.1 Å². The van der Waals surface area contributed by atoms with Gasteiger partial charge in [0.05, 0.1) is 17.9 Å². The molecule has 0 bridgehead atoms. The minimum absolute atomic E-state index is 0.00911. The van der Waals surface area contributed by atoms with Gasteiger partial charge in [-0.15, -0.1) is 0 Å². The third-order valence-corrected chi connectivity index (χ3v) is 5.20. The molecule has 0 fully saturated rings. The Morgan fingerprint density at radius 3 is 2.59 bits per heavy atom. The lowest BCUT2D eigenvalue weighted by Crippen LogP contribution is -2.32. The quantitative estimate of drug-likeness (QED) is 0.392. The van der Waals surface area contributed by atoms with Gasteiger partial charge < -0.3 is 9.47 Å². The summed E-state index contributed by atoms with van der Waals surface area (Å²) in [4.78, 5) is 31.4. The lowest BCUT2D eigenvalue weighted by atomic mass is 10.1. The summed E-state index contributed by atoms with van der Waals surface area (Å²) in [6, 6.07) is 5.84. The Labute approximate surface area is 172 Å². The van der Waals surface area contributed by atoms with Gasteiger partial charge in [0.25, 0.3) is 5.91 Å². The number of aromatic nitrogens is 1. The van der Waals surface area contributed by atoms with Gasteiger partial charge in [-0.25, -0.2) is 9.78 Å². The second-order valence-electron chi connectivity index (χ2n) is 6.17. The number of unbranched alkanes of at least 4 members (excludes halogenated alkanes) is 2. The van der Waals surface area contributed by atoms with Gasteiger partial charge in [-0.3, -0.25) is 9.69 Å². The van der Waals surface area contributed by atoms with Crippen LogP contribution in [0.3, 0.4) is 0 Å². The molecular formula is C20H24F2N2O4S. The molecule has 6 nitrogen and oxygen atoms in total. The third kappa shape index (κ3) is 5.96. The highest BCUT2D eigenvalue weighted by Crippen LogP contribution is 2.30. The lowest BCUT2D eigenvalue weighted by Gasteiger charge is -2.21. The van der Waals surface area contributed by atoms with E-state index in [0.717, 1.165) is 24.2 Å². The van der Waals surface area contributed by atoms with E-state index in [0.29, 0.717) is 28.7 Å². The van der Waals surface area contributed by atoms with E-state index in [1.54, 1.807) is 19.9 Å². The van der Waals surface area contributed by atoms with E-state index >= 15 is 0 Å². The van der Waals surface area contributed by atoms with Crippen molar-refractivity contribution in [3.63, 3.8) is 0 Å². The number of hydrogen-bond acceptors (Lipinski definition) is 6. The Bertz CT molecular complexity index is 842. The molecule has 0 N–H and O–H groups in total. The van der Waals surface area contributed by atoms with Crippen molar-refractivity contribution in [2.24, 2.45) is 0 Å². The van der Waals surface area contributed by atoms with Gasteiger partial charge >= 0.3 is 12.6 Å². The predicted molar refractivity (Wildman–Crippen MR) is 107 cm³/mol. The Hall–Kier alpha value is -2.55. The molecule has 1 aromatic carbocycles. The maximum Gasteiger partial charge on any atom is 0.387 e. The van der Waals surface area contributed by atoms with E-state index in [1.807, 2.05) is 6.92 Å². The molecular weight excluding hydrogens is 402 g/mol. The standard InChI is InChI=1S/C20H24F2N2O4S/c1-4-6-9-12-24(20-23-13(3)16(29-20)18(26)27-5-2)17(25)14-10-7-8-11-15(14)28-19(21)22/h7-8,10-11,19H,4-6,9,12H2,1-3H3. The van der Waals surface area contributed by atoms with Crippen molar-refractivity contribution in [2.45, 2.75) is 46.6 Å². The topological polar surface area (TPSA) is 68.7 Å². The van der Waals surface area contributed by atoms with Crippen LogP contribution in [0.2, 0.25) is 0 Å². The molecule has 1 heterocycles. The minimum atomic E-state index is -3.05. The highest BCUT2D eigenvalue weighted by molar-refractivity contribution is 7.17. The van der Waals surface area contributed by atoms with Crippen LogP contribution in [0.15, 0.2) is 24.3 Å². The number of alkyl halides is 2. The first kappa shape index (κ1) is 22.7. The Morgan fingerprint density at radius 2 is 1.93 bits per heavy atom. The highest BCUT2D eigenvalue weighted by Gasteiger charge is 2.27. The molecule has 0 aliphatic carbocycles. The highest BCUT2D eigenvalue weighted by atomic mass is 32.1. The average molecular weight is 426 g/mol. The van der Waals surface area contributed by atoms with Gasteiger partial charge in [0.15, 0.2) is 5.13 Å². The molecule has 0 aliphatic rings. The number of benzene rings is 1. The van der Waals surface area contributed by atoms with Crippen LogP contribution in [-0.2, 0) is 4.74 Å². The number of esters is 1. The van der Waals surface area contributed by atoms with Gasteiger partial charge in [0.1, 0.15) is 10.6 Å². The average Bonchev–Trinajstić information content (AvgIpc) is 3.06. The first-order valence-electron chi connectivity index (χ1n) is 9.39. The molecule has 1 amide bonds. The summed E-state index contributed by atoms with van der Waals surface area (Å²) in [6.45, 7) is 2.91. The van der Waals surface area contributed by atoms with Crippen LogP contribution in [0.25, 0.3) is 0 Å². The fourth-order valence-corrected chi connectivity index (χ4v) is 3.66. The molecule has 0 saturated heterocycles. The molecule has 1 aromatic heterocycles. The first-order chi connectivity index (χ1) is 13.9. The fraction of sp³-hybridized carbons (Fsp3) is 0.450. The van der Waals surface area contributed by atoms with E-state index in [4.69, 9.17) is 4.74 Å². The van der Waals surface area contributed by atoms with E-state index in [1.165, 1.54) is 23.1 Å². The summed E-state index contributed by atoms with van der Waals surface area (Å²) in [5, 5.41) is 0.318. The molecule has 0 spiro atoms. The number of ether oxygens (including phenoxy) is 2. The monoisotopic (exact) mass is 426 g/mol. The molecule has 0 saturated carbocycles. The van der Waals surface area contributed by atoms with Crippen molar-refractivity contribution in [3.05, 3.63) is 40.4 Å². The maximum atomic E-state index is 13.2. The number of rotatable bonds is 10. The second-order valence-corrected chi connectivity index (χ2v) is 7.15. The number of amides is 1. The summed E-state index contributed by atoms with van der Waals surface area (Å²) in [5.74, 6) is -1.22. The number of anilines is 1. The summed E-state index contributed by atoms with van der Waals surface area (Å²) < 4.78 is 35.0. The normalized spacial score (nSPS) is 10.8. The zero-order valence-corrected chi connectivity index (χ0v) is 17.4. The number of para-hydroxylation sites is 1. The number of aryl methyl sites for hydroxylation is 1. The van der Waals surface area contributed by atoms with Gasteiger partial charge in [-0.05, 0) is 32.4 Å². The van der Waals surface area contributed by atoms with Crippen molar-refractivity contribution in [1.82, 2.24) is 4.98 Å². The molecule has 2 rings (SSSR count). The molecule has 0 atom stereocenters. The second kappa shape index (κ2) is 10.8. The van der Waals surface area contributed by atoms with Gasteiger partial charge in [-0.2, -0.15) is 8.78 Å². The van der Waals surface area contributed by atoms with Gasteiger partial charge in [0.2, 0.25) is 0 Å². The number of halogens is 2. The largest absolute Gasteiger partial charge is 0.462 e. The SMILES string of the molecule is CCCCCN(C(=O)c1ccccc1OC(F)F)c1nc(C)c(C(=O)OCC)s1. The summed E-state index contributed by atoms with van der Waals surface area (Å²) in [7, 11) is 0. The third-order valence-electron chi connectivity index (χ3n) is 4.04. The molecule has 9 heteroatoms. The zero-order valence-electron chi connectivity index (χ0n) is 16.6. The Morgan fingerprint density at radius 1 is 1.21 bits per heavy atom. The number of hydrogen-bond donors (Lipinski definition) is 0. The Kier molecular flexibility index (Phi) is 8.50. The predicted octanol–water partition coefficient (Wildman–Crippen LogP) is 5.07. The van der Waals surface area contributed by atoms with Crippen molar-refractivity contribution >= 4 is 28.3 Å². The van der Waals surface area contributed by atoms with Crippen molar-refractivity contribution in [3.8, 4) is 5.75 Å².